The Morgan fingerprint density at radius 2 is 1.62 bits per heavy atom. The average molecular weight is 347 g/mol. The standard InChI is InChI=1S/C22H21NO3/c1-25-21-11-9-19(14-22(21)26-2)23-15-18-13-17(8-10-20(18)24)12-16-6-4-3-5-7-16/h3-11,13-15,24H,12H2,1-2H3. The fraction of sp³-hybridized carbons (Fsp3) is 0.136. The van der Waals surface area contributed by atoms with E-state index in [4.69, 9.17) is 9.47 Å². The molecule has 0 radical (unpaired) electrons. The van der Waals surface area contributed by atoms with Crippen LogP contribution in [0.5, 0.6) is 17.2 Å². The van der Waals surface area contributed by atoms with Crippen LogP contribution in [0.4, 0.5) is 5.69 Å². The van der Waals surface area contributed by atoms with Gasteiger partial charge in [-0.2, -0.15) is 0 Å². The minimum absolute atomic E-state index is 0.200. The van der Waals surface area contributed by atoms with Gasteiger partial charge in [0.25, 0.3) is 0 Å². The number of hydrogen-bond donors (Lipinski definition) is 1. The van der Waals surface area contributed by atoms with Crippen molar-refractivity contribution in [3.8, 4) is 17.2 Å². The molecule has 3 aromatic carbocycles. The Balaban J connectivity index is 1.83. The van der Waals surface area contributed by atoms with Crippen molar-refractivity contribution in [2.24, 2.45) is 4.99 Å². The fourth-order valence-electron chi connectivity index (χ4n) is 2.70. The van der Waals surface area contributed by atoms with Gasteiger partial charge in [0.1, 0.15) is 5.75 Å². The molecule has 4 heteroatoms. The summed E-state index contributed by atoms with van der Waals surface area (Å²) in [5.74, 6) is 1.47. The molecule has 26 heavy (non-hydrogen) atoms. The molecule has 0 aliphatic heterocycles. The van der Waals surface area contributed by atoms with Crippen molar-refractivity contribution >= 4 is 11.9 Å². The second-order valence-corrected chi connectivity index (χ2v) is 5.85. The lowest BCUT2D eigenvalue weighted by Gasteiger charge is -2.08. The van der Waals surface area contributed by atoms with Crippen LogP contribution >= 0.6 is 0 Å². The number of phenolic OH excluding ortho intramolecular Hbond substituents is 1. The zero-order valence-electron chi connectivity index (χ0n) is 14.8. The Hall–Kier alpha value is -3.27. The Labute approximate surface area is 153 Å². The lowest BCUT2D eigenvalue weighted by molar-refractivity contribution is 0.355. The van der Waals surface area contributed by atoms with Crippen molar-refractivity contribution in [2.45, 2.75) is 6.42 Å². The summed E-state index contributed by atoms with van der Waals surface area (Å²) in [4.78, 5) is 4.45. The molecule has 3 aromatic rings. The summed E-state index contributed by atoms with van der Waals surface area (Å²) in [5, 5.41) is 10.1. The predicted molar refractivity (Wildman–Crippen MR) is 104 cm³/mol. The highest BCUT2D eigenvalue weighted by Gasteiger charge is 2.05. The number of methoxy groups -OCH3 is 2. The lowest BCUT2D eigenvalue weighted by Crippen LogP contribution is -1.91. The maximum atomic E-state index is 10.1. The first-order valence-corrected chi connectivity index (χ1v) is 8.31. The summed E-state index contributed by atoms with van der Waals surface area (Å²) in [5.41, 5.74) is 3.73. The molecule has 4 nitrogen and oxygen atoms in total. The van der Waals surface area contributed by atoms with E-state index < -0.39 is 0 Å². The third-order valence-corrected chi connectivity index (χ3v) is 4.06. The maximum absolute atomic E-state index is 10.1. The van der Waals surface area contributed by atoms with Crippen LogP contribution in [-0.4, -0.2) is 25.5 Å². The molecule has 1 N–H and O–H groups in total. The Bertz CT molecular complexity index is 905. The summed E-state index contributed by atoms with van der Waals surface area (Å²) in [6.45, 7) is 0. The topological polar surface area (TPSA) is 51.0 Å². The van der Waals surface area contributed by atoms with Crippen molar-refractivity contribution in [2.75, 3.05) is 14.2 Å². The average Bonchev–Trinajstić information content (AvgIpc) is 2.69. The Morgan fingerprint density at radius 1 is 0.846 bits per heavy atom. The second kappa shape index (κ2) is 8.21. The van der Waals surface area contributed by atoms with Gasteiger partial charge in [0, 0.05) is 17.8 Å². The van der Waals surface area contributed by atoms with Gasteiger partial charge in [-0.1, -0.05) is 36.4 Å². The number of phenols is 1. The van der Waals surface area contributed by atoms with Crippen LogP contribution in [0.3, 0.4) is 0 Å². The summed E-state index contributed by atoms with van der Waals surface area (Å²) < 4.78 is 10.5. The lowest BCUT2D eigenvalue weighted by atomic mass is 10.0. The first-order chi connectivity index (χ1) is 12.7. The molecule has 0 heterocycles. The number of aromatic hydroxyl groups is 1. The first-order valence-electron chi connectivity index (χ1n) is 8.31. The van der Waals surface area contributed by atoms with E-state index in [0.29, 0.717) is 17.1 Å². The molecular formula is C22H21NO3. The number of ether oxygens (including phenoxy) is 2. The fourth-order valence-corrected chi connectivity index (χ4v) is 2.70. The highest BCUT2D eigenvalue weighted by atomic mass is 16.5. The van der Waals surface area contributed by atoms with E-state index in [0.717, 1.165) is 17.7 Å². The van der Waals surface area contributed by atoms with Crippen LogP contribution in [0, 0.1) is 0 Å². The summed E-state index contributed by atoms with van der Waals surface area (Å²) in [7, 11) is 3.18. The van der Waals surface area contributed by atoms with E-state index in [-0.39, 0.29) is 5.75 Å². The molecule has 132 valence electrons. The van der Waals surface area contributed by atoms with Gasteiger partial charge >= 0.3 is 0 Å². The normalized spacial score (nSPS) is 10.8. The third kappa shape index (κ3) is 4.22. The van der Waals surface area contributed by atoms with E-state index in [1.54, 1.807) is 38.6 Å². The monoisotopic (exact) mass is 347 g/mol. The first kappa shape index (κ1) is 17.5. The molecule has 0 saturated carbocycles. The number of hydrogen-bond acceptors (Lipinski definition) is 4. The smallest absolute Gasteiger partial charge is 0.162 e. The van der Waals surface area contributed by atoms with Crippen molar-refractivity contribution in [1.82, 2.24) is 0 Å². The quantitative estimate of drug-likeness (QED) is 0.655. The van der Waals surface area contributed by atoms with Crippen LogP contribution in [0.2, 0.25) is 0 Å². The molecule has 0 unspecified atom stereocenters. The SMILES string of the molecule is COc1ccc(N=Cc2cc(Cc3ccccc3)ccc2O)cc1OC. The molecule has 0 aliphatic rings. The van der Waals surface area contributed by atoms with E-state index in [1.165, 1.54) is 5.56 Å². The van der Waals surface area contributed by atoms with Gasteiger partial charge in [-0.05, 0) is 41.8 Å². The van der Waals surface area contributed by atoms with Crippen molar-refractivity contribution < 1.29 is 14.6 Å². The molecule has 3 rings (SSSR count). The molecule has 0 fully saturated rings. The minimum atomic E-state index is 0.200. The van der Waals surface area contributed by atoms with Crippen molar-refractivity contribution in [1.29, 1.82) is 0 Å². The molecule has 0 aliphatic carbocycles. The van der Waals surface area contributed by atoms with Gasteiger partial charge in [0.05, 0.1) is 19.9 Å². The summed E-state index contributed by atoms with van der Waals surface area (Å²) in [6.07, 6.45) is 2.46. The van der Waals surface area contributed by atoms with Crippen molar-refractivity contribution in [3.05, 3.63) is 83.4 Å². The number of benzene rings is 3. The Morgan fingerprint density at radius 3 is 2.35 bits per heavy atom. The largest absolute Gasteiger partial charge is 0.507 e. The number of nitrogens with zero attached hydrogens (tertiary/aromatic N) is 1. The van der Waals surface area contributed by atoms with Gasteiger partial charge < -0.3 is 14.6 Å². The van der Waals surface area contributed by atoms with Crippen LogP contribution < -0.4 is 9.47 Å². The van der Waals surface area contributed by atoms with Crippen LogP contribution in [0.25, 0.3) is 0 Å². The molecule has 0 saturated heterocycles. The third-order valence-electron chi connectivity index (χ3n) is 4.06. The van der Waals surface area contributed by atoms with Gasteiger partial charge in [-0.15, -0.1) is 0 Å². The maximum Gasteiger partial charge on any atom is 0.162 e. The predicted octanol–water partition coefficient (Wildman–Crippen LogP) is 4.75. The second-order valence-electron chi connectivity index (χ2n) is 5.85. The summed E-state index contributed by atoms with van der Waals surface area (Å²) >= 11 is 0. The van der Waals surface area contributed by atoms with E-state index >= 15 is 0 Å². The van der Waals surface area contributed by atoms with Crippen molar-refractivity contribution in [3.63, 3.8) is 0 Å². The van der Waals surface area contributed by atoms with Crippen LogP contribution in [-0.2, 0) is 6.42 Å². The number of aliphatic imine (C=N–C) groups is 1. The minimum Gasteiger partial charge on any atom is -0.507 e. The molecule has 0 spiro atoms. The van der Waals surface area contributed by atoms with Gasteiger partial charge in [0.2, 0.25) is 0 Å². The van der Waals surface area contributed by atoms with E-state index in [2.05, 4.69) is 17.1 Å². The Kier molecular flexibility index (Phi) is 5.54. The highest BCUT2D eigenvalue weighted by molar-refractivity contribution is 5.85. The van der Waals surface area contributed by atoms with Gasteiger partial charge in [0.15, 0.2) is 11.5 Å². The zero-order chi connectivity index (χ0) is 18.4. The zero-order valence-corrected chi connectivity index (χ0v) is 14.8. The highest BCUT2D eigenvalue weighted by Crippen LogP contribution is 2.31. The van der Waals surface area contributed by atoms with Gasteiger partial charge in [-0.3, -0.25) is 4.99 Å². The molecule has 0 amide bonds. The van der Waals surface area contributed by atoms with E-state index in [1.807, 2.05) is 36.4 Å². The van der Waals surface area contributed by atoms with Gasteiger partial charge in [-0.25, -0.2) is 0 Å². The molecule has 0 bridgehead atoms. The molecular weight excluding hydrogens is 326 g/mol. The van der Waals surface area contributed by atoms with Crippen LogP contribution in [0.15, 0.2) is 71.7 Å². The number of rotatable bonds is 6. The van der Waals surface area contributed by atoms with E-state index in [9.17, 15) is 5.11 Å². The molecule has 0 atom stereocenters. The van der Waals surface area contributed by atoms with Crippen LogP contribution in [0.1, 0.15) is 16.7 Å². The summed E-state index contributed by atoms with van der Waals surface area (Å²) in [6, 6.07) is 21.2. The molecule has 0 aromatic heterocycles.